The van der Waals surface area contributed by atoms with E-state index in [0.29, 0.717) is 0 Å². The number of aliphatic hydroxyl groups excluding tert-OH is 1. The Morgan fingerprint density at radius 2 is 2.08 bits per heavy atom. The van der Waals surface area contributed by atoms with E-state index in [1.807, 2.05) is 13.8 Å². The molecule has 2 aliphatic heterocycles. The van der Waals surface area contributed by atoms with E-state index in [-0.39, 0.29) is 11.7 Å². The molecule has 0 aliphatic carbocycles. The van der Waals surface area contributed by atoms with E-state index in [1.165, 1.54) is 0 Å². The second-order valence-electron chi connectivity index (χ2n) is 3.61. The van der Waals surface area contributed by atoms with E-state index >= 15 is 0 Å². The van der Waals surface area contributed by atoms with Crippen LogP contribution in [0.4, 0.5) is 0 Å². The zero-order valence-corrected chi connectivity index (χ0v) is 7.06. The van der Waals surface area contributed by atoms with Gasteiger partial charge in [0.15, 0.2) is 18.2 Å². The Morgan fingerprint density at radius 1 is 1.42 bits per heavy atom. The molecule has 2 fully saturated rings. The van der Waals surface area contributed by atoms with Gasteiger partial charge in [0, 0.05) is 0 Å². The van der Waals surface area contributed by atoms with Crippen molar-refractivity contribution in [1.29, 1.82) is 0 Å². The smallest absolute Gasteiger partial charge is 0.193 e. The Hall–Kier alpha value is -0.450. The van der Waals surface area contributed by atoms with Gasteiger partial charge in [-0.25, -0.2) is 0 Å². The molecule has 4 heteroatoms. The van der Waals surface area contributed by atoms with Crippen LogP contribution < -0.4 is 0 Å². The number of rotatable bonds is 1. The number of ether oxygens (including phenoxy) is 2. The summed E-state index contributed by atoms with van der Waals surface area (Å²) >= 11 is 0. The molecule has 0 aromatic heterocycles. The molecule has 0 saturated carbocycles. The fourth-order valence-corrected chi connectivity index (χ4v) is 1.51. The lowest BCUT2D eigenvalue weighted by Gasteiger charge is -2.25. The third kappa shape index (κ3) is 1.07. The average Bonchev–Trinajstić information content (AvgIpc) is 2.74. The molecular formula is C8H12O4. The van der Waals surface area contributed by atoms with Crippen molar-refractivity contribution < 1.29 is 19.4 Å². The van der Waals surface area contributed by atoms with Gasteiger partial charge in [-0.3, -0.25) is 4.79 Å². The molecule has 4 unspecified atom stereocenters. The zero-order chi connectivity index (χ0) is 8.88. The molecule has 68 valence electrons. The van der Waals surface area contributed by atoms with Crippen molar-refractivity contribution in [3.8, 4) is 0 Å². The summed E-state index contributed by atoms with van der Waals surface area (Å²) in [5.41, 5.74) is 0. The summed E-state index contributed by atoms with van der Waals surface area (Å²) in [6.07, 6.45) is -2.21. The molecule has 0 bridgehead atoms. The molecule has 0 spiro atoms. The highest BCUT2D eigenvalue weighted by atomic mass is 16.7. The summed E-state index contributed by atoms with van der Waals surface area (Å²) < 4.78 is 10.1. The van der Waals surface area contributed by atoms with Crippen LogP contribution in [0.5, 0.6) is 0 Å². The van der Waals surface area contributed by atoms with Crippen molar-refractivity contribution in [2.75, 3.05) is 0 Å². The SMILES string of the molecule is CC(C)C1OC(O)C2OC2C1=O. The number of carbonyl (C=O) groups excluding carboxylic acids is 1. The Kier molecular flexibility index (Phi) is 1.71. The van der Waals surface area contributed by atoms with Gasteiger partial charge in [-0.05, 0) is 5.92 Å². The molecule has 4 nitrogen and oxygen atoms in total. The predicted octanol–water partition coefficient (Wildman–Crippen LogP) is -0.304. The fourth-order valence-electron chi connectivity index (χ4n) is 1.51. The van der Waals surface area contributed by atoms with E-state index < -0.39 is 24.6 Å². The van der Waals surface area contributed by atoms with Crippen molar-refractivity contribution in [1.82, 2.24) is 0 Å². The Balaban J connectivity index is 2.10. The molecule has 2 aliphatic rings. The van der Waals surface area contributed by atoms with Gasteiger partial charge in [-0.15, -0.1) is 0 Å². The van der Waals surface area contributed by atoms with Gasteiger partial charge in [0.05, 0.1) is 0 Å². The van der Waals surface area contributed by atoms with Crippen LogP contribution in [0.1, 0.15) is 13.8 Å². The van der Waals surface area contributed by atoms with Crippen LogP contribution in [0.2, 0.25) is 0 Å². The minimum atomic E-state index is -0.917. The molecular weight excluding hydrogens is 160 g/mol. The zero-order valence-electron chi connectivity index (χ0n) is 7.06. The van der Waals surface area contributed by atoms with Gasteiger partial charge in [-0.2, -0.15) is 0 Å². The first-order valence-corrected chi connectivity index (χ1v) is 4.14. The van der Waals surface area contributed by atoms with Crippen LogP contribution in [-0.2, 0) is 14.3 Å². The van der Waals surface area contributed by atoms with Gasteiger partial charge < -0.3 is 14.6 Å². The lowest BCUT2D eigenvalue weighted by atomic mass is 9.97. The molecule has 2 rings (SSSR count). The molecule has 4 atom stereocenters. The van der Waals surface area contributed by atoms with Crippen LogP contribution in [0.25, 0.3) is 0 Å². The average molecular weight is 172 g/mol. The predicted molar refractivity (Wildman–Crippen MR) is 39.4 cm³/mol. The van der Waals surface area contributed by atoms with Crippen LogP contribution in [-0.4, -0.2) is 35.5 Å². The maximum Gasteiger partial charge on any atom is 0.193 e. The first-order valence-electron chi connectivity index (χ1n) is 4.14. The minimum absolute atomic E-state index is 0.0275. The summed E-state index contributed by atoms with van der Waals surface area (Å²) in [5.74, 6) is 0.0672. The van der Waals surface area contributed by atoms with E-state index in [0.717, 1.165) is 0 Å². The Labute approximate surface area is 70.5 Å². The third-order valence-electron chi connectivity index (χ3n) is 2.26. The van der Waals surface area contributed by atoms with Gasteiger partial charge in [0.25, 0.3) is 0 Å². The molecule has 2 saturated heterocycles. The number of hydrogen-bond donors (Lipinski definition) is 1. The monoisotopic (exact) mass is 172 g/mol. The summed E-state index contributed by atoms with van der Waals surface area (Å²) in [6, 6.07) is 0. The van der Waals surface area contributed by atoms with Crippen molar-refractivity contribution in [3.63, 3.8) is 0 Å². The largest absolute Gasteiger partial charge is 0.366 e. The lowest BCUT2D eigenvalue weighted by molar-refractivity contribution is -0.177. The molecule has 0 aromatic carbocycles. The minimum Gasteiger partial charge on any atom is -0.366 e. The van der Waals surface area contributed by atoms with Gasteiger partial charge >= 0.3 is 0 Å². The quantitative estimate of drug-likeness (QED) is 0.551. The van der Waals surface area contributed by atoms with Crippen molar-refractivity contribution >= 4 is 5.78 Å². The van der Waals surface area contributed by atoms with Gasteiger partial charge in [0.2, 0.25) is 0 Å². The Bertz CT molecular complexity index is 213. The summed E-state index contributed by atoms with van der Waals surface area (Å²) in [6.45, 7) is 3.77. The Morgan fingerprint density at radius 3 is 2.67 bits per heavy atom. The molecule has 0 amide bonds. The maximum absolute atomic E-state index is 11.4. The summed E-state index contributed by atoms with van der Waals surface area (Å²) in [5, 5.41) is 9.26. The fraction of sp³-hybridized carbons (Fsp3) is 0.875. The molecule has 1 N–H and O–H groups in total. The van der Waals surface area contributed by atoms with Gasteiger partial charge in [0.1, 0.15) is 12.2 Å². The highest BCUT2D eigenvalue weighted by molar-refractivity contribution is 5.91. The number of fused-ring (bicyclic) bond motifs is 1. The van der Waals surface area contributed by atoms with Crippen molar-refractivity contribution in [2.45, 2.75) is 38.4 Å². The molecule has 12 heavy (non-hydrogen) atoms. The normalized spacial score (nSPS) is 46.2. The number of hydrogen-bond acceptors (Lipinski definition) is 4. The lowest BCUT2D eigenvalue weighted by Crippen LogP contribution is -2.44. The second-order valence-corrected chi connectivity index (χ2v) is 3.61. The highest BCUT2D eigenvalue weighted by Crippen LogP contribution is 2.35. The van der Waals surface area contributed by atoms with Crippen LogP contribution >= 0.6 is 0 Å². The van der Waals surface area contributed by atoms with Crippen molar-refractivity contribution in [2.24, 2.45) is 5.92 Å². The van der Waals surface area contributed by atoms with Gasteiger partial charge in [-0.1, -0.05) is 13.8 Å². The number of Topliss-reactive ketones (excluding diaryl/α,β-unsaturated/α-hetero) is 1. The van der Waals surface area contributed by atoms with E-state index in [1.54, 1.807) is 0 Å². The number of ketones is 1. The van der Waals surface area contributed by atoms with E-state index in [2.05, 4.69) is 0 Å². The van der Waals surface area contributed by atoms with E-state index in [4.69, 9.17) is 9.47 Å². The van der Waals surface area contributed by atoms with Crippen LogP contribution in [0, 0.1) is 5.92 Å². The molecule has 0 aromatic rings. The number of carbonyl (C=O) groups is 1. The molecule has 0 radical (unpaired) electrons. The second kappa shape index (κ2) is 2.52. The van der Waals surface area contributed by atoms with Crippen LogP contribution in [0.15, 0.2) is 0 Å². The first-order chi connectivity index (χ1) is 5.61. The number of aliphatic hydroxyl groups is 1. The maximum atomic E-state index is 11.4. The third-order valence-corrected chi connectivity index (χ3v) is 2.26. The van der Waals surface area contributed by atoms with Crippen molar-refractivity contribution in [3.05, 3.63) is 0 Å². The van der Waals surface area contributed by atoms with Crippen LogP contribution in [0.3, 0.4) is 0 Å². The first kappa shape index (κ1) is 8.16. The summed E-state index contributed by atoms with van der Waals surface area (Å²) in [4.78, 5) is 11.4. The highest BCUT2D eigenvalue weighted by Gasteiger charge is 2.57. The molecule has 2 heterocycles. The topological polar surface area (TPSA) is 59.1 Å². The van der Waals surface area contributed by atoms with E-state index in [9.17, 15) is 9.90 Å². The summed E-state index contributed by atoms with van der Waals surface area (Å²) in [7, 11) is 0. The standard InChI is InChI=1S/C8H12O4/c1-3(2)5-4(9)6-7(11-6)8(10)12-5/h3,5-8,10H,1-2H3. The number of epoxide rings is 1.